The number of nitrogens with one attached hydrogen (secondary N) is 1. The molecule has 1 aliphatic rings. The molecule has 0 unspecified atom stereocenters. The molecular formula is C20H17N3OS2. The van der Waals surface area contributed by atoms with Crippen LogP contribution < -0.4 is 10.5 Å². The van der Waals surface area contributed by atoms with E-state index in [1.807, 2.05) is 22.9 Å². The van der Waals surface area contributed by atoms with Gasteiger partial charge in [0.2, 0.25) is 0 Å². The number of aromatic amines is 1. The summed E-state index contributed by atoms with van der Waals surface area (Å²) in [4.78, 5) is 24.8. The van der Waals surface area contributed by atoms with Gasteiger partial charge in [0, 0.05) is 27.5 Å². The van der Waals surface area contributed by atoms with Crippen molar-refractivity contribution in [2.75, 3.05) is 4.90 Å². The lowest BCUT2D eigenvalue weighted by Gasteiger charge is -2.24. The number of rotatable bonds is 3. The summed E-state index contributed by atoms with van der Waals surface area (Å²) in [7, 11) is 0. The average molecular weight is 380 g/mol. The van der Waals surface area contributed by atoms with Crippen LogP contribution in [0.2, 0.25) is 0 Å². The third kappa shape index (κ3) is 2.48. The number of hydrogen-bond acceptors (Lipinski definition) is 5. The Kier molecular flexibility index (Phi) is 3.69. The number of fused-ring (bicyclic) bond motifs is 2. The maximum absolute atomic E-state index is 12.8. The highest BCUT2D eigenvalue weighted by Crippen LogP contribution is 2.35. The molecule has 5 rings (SSSR count). The number of anilines is 1. The Morgan fingerprint density at radius 1 is 1.23 bits per heavy atom. The van der Waals surface area contributed by atoms with Crippen LogP contribution in [0.1, 0.15) is 18.3 Å². The number of aromatic nitrogens is 2. The summed E-state index contributed by atoms with van der Waals surface area (Å²) in [5.41, 5.74) is 3.54. The second kappa shape index (κ2) is 6.07. The molecule has 1 aromatic carbocycles. The van der Waals surface area contributed by atoms with Gasteiger partial charge in [-0.25, -0.2) is 4.98 Å². The highest BCUT2D eigenvalue weighted by Gasteiger charge is 2.26. The van der Waals surface area contributed by atoms with Crippen molar-refractivity contribution < 1.29 is 0 Å². The summed E-state index contributed by atoms with van der Waals surface area (Å²) in [5, 5.41) is 4.77. The first-order chi connectivity index (χ1) is 12.7. The maximum Gasteiger partial charge on any atom is 0.260 e. The minimum atomic E-state index is -0.0465. The number of hydrogen-bond donors (Lipinski definition) is 1. The lowest BCUT2D eigenvalue weighted by atomic mass is 10.1. The number of nitrogens with zero attached hydrogens (tertiary/aromatic N) is 2. The van der Waals surface area contributed by atoms with E-state index >= 15 is 0 Å². The number of para-hydroxylation sites is 1. The van der Waals surface area contributed by atoms with E-state index in [0.717, 1.165) is 27.5 Å². The topological polar surface area (TPSA) is 49.0 Å². The molecule has 1 N–H and O–H groups in total. The fourth-order valence-electron chi connectivity index (χ4n) is 3.71. The molecule has 0 saturated carbocycles. The molecule has 0 amide bonds. The van der Waals surface area contributed by atoms with Crippen molar-refractivity contribution in [3.05, 3.63) is 68.9 Å². The van der Waals surface area contributed by atoms with Crippen molar-refractivity contribution >= 4 is 38.6 Å². The maximum atomic E-state index is 12.8. The molecule has 6 heteroatoms. The van der Waals surface area contributed by atoms with E-state index in [1.165, 1.54) is 11.3 Å². The Hall–Kier alpha value is -2.44. The standard InChI is InChI=1S/C20H17N3OS2/c1-12-9-13-5-2-3-6-15(13)23(12)10-17-21-19(24)18-14(11-26-20(18)22-17)16-7-4-8-25-16/h2-8,11-12H,9-10H2,1H3,(H,21,22,24)/t12-/m1/s1. The highest BCUT2D eigenvalue weighted by atomic mass is 32.1. The second-order valence-electron chi connectivity index (χ2n) is 6.63. The summed E-state index contributed by atoms with van der Waals surface area (Å²) < 4.78 is 0. The largest absolute Gasteiger partial charge is 0.361 e. The van der Waals surface area contributed by atoms with E-state index in [0.29, 0.717) is 18.0 Å². The summed E-state index contributed by atoms with van der Waals surface area (Å²) in [6.07, 6.45) is 1.03. The molecule has 0 bridgehead atoms. The molecule has 4 nitrogen and oxygen atoms in total. The van der Waals surface area contributed by atoms with Gasteiger partial charge in [-0.1, -0.05) is 24.3 Å². The molecule has 1 atom stereocenters. The minimum Gasteiger partial charge on any atom is -0.361 e. The molecule has 0 saturated heterocycles. The van der Waals surface area contributed by atoms with Gasteiger partial charge >= 0.3 is 0 Å². The molecule has 26 heavy (non-hydrogen) atoms. The third-order valence-electron chi connectivity index (χ3n) is 4.95. The lowest BCUT2D eigenvalue weighted by molar-refractivity contribution is 0.655. The number of H-pyrrole nitrogens is 1. The van der Waals surface area contributed by atoms with Gasteiger partial charge in [0.25, 0.3) is 5.56 Å². The Bertz CT molecular complexity index is 1140. The SMILES string of the molecule is C[C@@H]1Cc2ccccc2N1Cc1nc2scc(-c3cccs3)c2c(=O)[nH]1. The Labute approximate surface area is 158 Å². The van der Waals surface area contributed by atoms with Crippen molar-refractivity contribution in [3.8, 4) is 10.4 Å². The predicted molar refractivity (Wildman–Crippen MR) is 109 cm³/mol. The summed E-state index contributed by atoms with van der Waals surface area (Å²) in [6, 6.07) is 12.9. The van der Waals surface area contributed by atoms with Crippen molar-refractivity contribution in [2.45, 2.75) is 25.9 Å². The van der Waals surface area contributed by atoms with Crippen LogP contribution in [0.15, 0.2) is 52.0 Å². The van der Waals surface area contributed by atoms with Crippen LogP contribution in [-0.4, -0.2) is 16.0 Å². The smallest absolute Gasteiger partial charge is 0.260 e. The molecule has 130 valence electrons. The first kappa shape index (κ1) is 15.8. The molecule has 0 aliphatic carbocycles. The van der Waals surface area contributed by atoms with Crippen molar-refractivity contribution in [2.24, 2.45) is 0 Å². The van der Waals surface area contributed by atoms with E-state index in [1.54, 1.807) is 22.7 Å². The number of benzene rings is 1. The van der Waals surface area contributed by atoms with Gasteiger partial charge in [-0.3, -0.25) is 4.79 Å². The van der Waals surface area contributed by atoms with Crippen LogP contribution in [0.4, 0.5) is 5.69 Å². The van der Waals surface area contributed by atoms with Crippen LogP contribution in [0.5, 0.6) is 0 Å². The van der Waals surface area contributed by atoms with E-state index in [9.17, 15) is 4.79 Å². The van der Waals surface area contributed by atoms with E-state index in [-0.39, 0.29) is 5.56 Å². The van der Waals surface area contributed by atoms with Gasteiger partial charge in [0.1, 0.15) is 10.7 Å². The Morgan fingerprint density at radius 2 is 2.12 bits per heavy atom. The normalized spacial score (nSPS) is 16.3. The molecule has 4 aromatic rings. The van der Waals surface area contributed by atoms with Gasteiger partial charge < -0.3 is 9.88 Å². The van der Waals surface area contributed by atoms with Crippen LogP contribution in [0.3, 0.4) is 0 Å². The van der Waals surface area contributed by atoms with Crippen LogP contribution in [0.25, 0.3) is 20.7 Å². The zero-order chi connectivity index (χ0) is 17.7. The summed E-state index contributed by atoms with van der Waals surface area (Å²) in [6.45, 7) is 2.84. The molecular weight excluding hydrogens is 362 g/mol. The van der Waals surface area contributed by atoms with Crippen LogP contribution in [0, 0.1) is 0 Å². The first-order valence-corrected chi connectivity index (χ1v) is 10.4. The Morgan fingerprint density at radius 3 is 2.96 bits per heavy atom. The number of thiophene rings is 2. The minimum absolute atomic E-state index is 0.0465. The first-order valence-electron chi connectivity index (χ1n) is 8.59. The summed E-state index contributed by atoms with van der Waals surface area (Å²) in [5.74, 6) is 0.727. The van der Waals surface area contributed by atoms with Crippen molar-refractivity contribution in [1.82, 2.24) is 9.97 Å². The van der Waals surface area contributed by atoms with Crippen LogP contribution >= 0.6 is 22.7 Å². The monoisotopic (exact) mass is 379 g/mol. The van der Waals surface area contributed by atoms with Gasteiger partial charge in [0.15, 0.2) is 0 Å². The second-order valence-corrected chi connectivity index (χ2v) is 8.44. The van der Waals surface area contributed by atoms with Gasteiger partial charge in [0.05, 0.1) is 11.9 Å². The van der Waals surface area contributed by atoms with Crippen molar-refractivity contribution in [1.29, 1.82) is 0 Å². The van der Waals surface area contributed by atoms with E-state index < -0.39 is 0 Å². The fraction of sp³-hybridized carbons (Fsp3) is 0.200. The zero-order valence-corrected chi connectivity index (χ0v) is 15.9. The molecule has 4 heterocycles. The molecule has 3 aromatic heterocycles. The van der Waals surface area contributed by atoms with E-state index in [4.69, 9.17) is 4.98 Å². The fourth-order valence-corrected chi connectivity index (χ4v) is 5.49. The predicted octanol–water partition coefficient (Wildman–Crippen LogP) is 4.66. The molecule has 0 spiro atoms. The van der Waals surface area contributed by atoms with E-state index in [2.05, 4.69) is 41.1 Å². The average Bonchev–Trinajstić information content (AvgIpc) is 3.34. The molecule has 0 fully saturated rings. The molecule has 0 radical (unpaired) electrons. The highest BCUT2D eigenvalue weighted by molar-refractivity contribution is 7.18. The lowest BCUT2D eigenvalue weighted by Crippen LogP contribution is -2.30. The quantitative estimate of drug-likeness (QED) is 0.563. The van der Waals surface area contributed by atoms with Crippen molar-refractivity contribution in [3.63, 3.8) is 0 Å². The third-order valence-corrected chi connectivity index (χ3v) is 6.72. The molecule has 1 aliphatic heterocycles. The van der Waals surface area contributed by atoms with Crippen LogP contribution in [-0.2, 0) is 13.0 Å². The Balaban J connectivity index is 1.54. The zero-order valence-electron chi connectivity index (χ0n) is 14.2. The summed E-state index contributed by atoms with van der Waals surface area (Å²) >= 11 is 3.19. The van der Waals surface area contributed by atoms with Gasteiger partial charge in [-0.15, -0.1) is 22.7 Å². The van der Waals surface area contributed by atoms with Gasteiger partial charge in [-0.05, 0) is 36.4 Å². The van der Waals surface area contributed by atoms with Gasteiger partial charge in [-0.2, -0.15) is 0 Å².